The van der Waals surface area contributed by atoms with Gasteiger partial charge >= 0.3 is 11.8 Å². The minimum Gasteiger partial charge on any atom is -0.358 e. The Hall–Kier alpha value is -2.75. The molecule has 110 valence electrons. The van der Waals surface area contributed by atoms with E-state index in [1.165, 1.54) is 23.6 Å². The molecule has 10 heteroatoms. The summed E-state index contributed by atoms with van der Waals surface area (Å²) < 4.78 is 0.905. The Balaban J connectivity index is 1.82. The minimum atomic E-state index is -0.689. The van der Waals surface area contributed by atoms with Crippen LogP contribution in [0, 0.1) is 10.1 Å². The van der Waals surface area contributed by atoms with Crippen molar-refractivity contribution in [3.63, 3.8) is 0 Å². The molecular weight excluding hydrogens is 298 g/mol. The van der Waals surface area contributed by atoms with Crippen LogP contribution in [0.15, 0.2) is 29.8 Å². The number of carbonyl (C=O) groups excluding carboxylic acids is 2. The molecule has 0 aliphatic heterocycles. The predicted octanol–water partition coefficient (Wildman–Crippen LogP) is 0.879. The van der Waals surface area contributed by atoms with Crippen molar-refractivity contribution in [3.05, 3.63) is 44.8 Å². The Kier molecular flexibility index (Phi) is 4.61. The molecule has 2 heterocycles. The van der Waals surface area contributed by atoms with E-state index < -0.39 is 23.4 Å². The number of imide groups is 1. The molecular formula is C11H11N5O4S. The molecule has 0 saturated carbocycles. The number of carbonyl (C=O) groups is 2. The summed E-state index contributed by atoms with van der Waals surface area (Å²) in [6, 6.07) is 4.20. The first-order valence-corrected chi connectivity index (χ1v) is 6.70. The first-order valence-electron chi connectivity index (χ1n) is 5.82. The Labute approximate surface area is 122 Å². The van der Waals surface area contributed by atoms with Crippen LogP contribution in [0.4, 0.5) is 10.6 Å². The number of amides is 3. The lowest BCUT2D eigenvalue weighted by Crippen LogP contribution is -2.40. The summed E-state index contributed by atoms with van der Waals surface area (Å²) in [5.74, 6) is -1.00. The van der Waals surface area contributed by atoms with Gasteiger partial charge in [0.05, 0.1) is 18.8 Å². The van der Waals surface area contributed by atoms with Gasteiger partial charge in [-0.25, -0.2) is 4.79 Å². The van der Waals surface area contributed by atoms with Crippen molar-refractivity contribution in [3.8, 4) is 0 Å². The molecule has 0 saturated heterocycles. The second-order valence-corrected chi connectivity index (χ2v) is 4.95. The van der Waals surface area contributed by atoms with E-state index in [0.29, 0.717) is 6.54 Å². The molecule has 0 aliphatic rings. The summed E-state index contributed by atoms with van der Waals surface area (Å²) in [6.07, 6.45) is 1.21. The molecule has 0 spiro atoms. The highest BCUT2D eigenvalue weighted by Gasteiger charge is 2.18. The van der Waals surface area contributed by atoms with Crippen molar-refractivity contribution in [2.75, 3.05) is 0 Å². The molecule has 2 aromatic heterocycles. The number of thiophene rings is 1. The highest BCUT2D eigenvalue weighted by molar-refractivity contribution is 7.09. The average molecular weight is 309 g/mol. The molecule has 0 bridgehead atoms. The van der Waals surface area contributed by atoms with Crippen LogP contribution in [0.5, 0.6) is 0 Å². The molecule has 9 nitrogen and oxygen atoms in total. The third-order valence-corrected chi connectivity index (χ3v) is 3.31. The highest BCUT2D eigenvalue weighted by Crippen LogP contribution is 2.08. The monoisotopic (exact) mass is 309 g/mol. The van der Waals surface area contributed by atoms with E-state index in [2.05, 4.69) is 15.7 Å². The summed E-state index contributed by atoms with van der Waals surface area (Å²) in [4.78, 5) is 34.0. The van der Waals surface area contributed by atoms with Gasteiger partial charge in [-0.05, 0) is 16.4 Å². The minimum absolute atomic E-state index is 0.304. The standard InChI is InChI=1S/C11H11N5O4S/c17-9(7-15-10(16(19)20)3-4-13-15)14-11(18)12-6-8-2-1-5-21-8/h1-5H,6-7H2,(H2,12,14,17,18). The number of nitro groups is 1. The normalized spacial score (nSPS) is 10.1. The fourth-order valence-corrected chi connectivity index (χ4v) is 2.17. The van der Waals surface area contributed by atoms with E-state index in [0.717, 1.165) is 9.56 Å². The molecule has 2 aromatic rings. The number of hydrogen-bond donors (Lipinski definition) is 2. The SMILES string of the molecule is O=C(Cn1nccc1[N+](=O)[O-])NC(=O)NCc1cccs1. The molecule has 0 aromatic carbocycles. The van der Waals surface area contributed by atoms with Crippen LogP contribution in [0.3, 0.4) is 0 Å². The number of nitrogens with one attached hydrogen (secondary N) is 2. The second kappa shape index (κ2) is 6.61. The zero-order chi connectivity index (χ0) is 15.2. The van der Waals surface area contributed by atoms with Crippen LogP contribution in [-0.4, -0.2) is 26.6 Å². The summed E-state index contributed by atoms with van der Waals surface area (Å²) in [5.41, 5.74) is 0. The van der Waals surface area contributed by atoms with Crippen molar-refractivity contribution in [1.29, 1.82) is 0 Å². The quantitative estimate of drug-likeness (QED) is 0.627. The van der Waals surface area contributed by atoms with Gasteiger partial charge < -0.3 is 15.4 Å². The molecule has 0 atom stereocenters. The highest BCUT2D eigenvalue weighted by atomic mass is 32.1. The van der Waals surface area contributed by atoms with E-state index in [4.69, 9.17) is 0 Å². The molecule has 2 rings (SSSR count). The van der Waals surface area contributed by atoms with Crippen LogP contribution in [-0.2, 0) is 17.9 Å². The number of hydrogen-bond acceptors (Lipinski definition) is 6. The van der Waals surface area contributed by atoms with Crippen LogP contribution in [0.25, 0.3) is 0 Å². The van der Waals surface area contributed by atoms with Gasteiger partial charge in [-0.2, -0.15) is 0 Å². The van der Waals surface area contributed by atoms with Crippen LogP contribution >= 0.6 is 11.3 Å². The van der Waals surface area contributed by atoms with E-state index >= 15 is 0 Å². The van der Waals surface area contributed by atoms with Gasteiger partial charge in [0, 0.05) is 4.88 Å². The lowest BCUT2D eigenvalue weighted by atomic mass is 10.5. The molecule has 21 heavy (non-hydrogen) atoms. The van der Waals surface area contributed by atoms with Gasteiger partial charge in [0.2, 0.25) is 0 Å². The van der Waals surface area contributed by atoms with Gasteiger partial charge in [0.25, 0.3) is 5.91 Å². The van der Waals surface area contributed by atoms with Crippen LogP contribution in [0.2, 0.25) is 0 Å². The largest absolute Gasteiger partial charge is 0.358 e. The van der Waals surface area contributed by atoms with Crippen molar-refractivity contribution < 1.29 is 14.5 Å². The average Bonchev–Trinajstić information content (AvgIpc) is 3.06. The van der Waals surface area contributed by atoms with Crippen molar-refractivity contribution in [2.45, 2.75) is 13.1 Å². The first-order chi connectivity index (χ1) is 10.1. The molecule has 0 aliphatic carbocycles. The second-order valence-electron chi connectivity index (χ2n) is 3.91. The van der Waals surface area contributed by atoms with Crippen molar-refractivity contribution >= 4 is 29.1 Å². The van der Waals surface area contributed by atoms with Gasteiger partial charge in [-0.3, -0.25) is 10.1 Å². The van der Waals surface area contributed by atoms with Crippen LogP contribution in [0.1, 0.15) is 4.88 Å². The maximum Gasteiger partial charge on any atom is 0.345 e. The maximum absolute atomic E-state index is 11.6. The summed E-state index contributed by atoms with van der Waals surface area (Å²) in [7, 11) is 0. The maximum atomic E-state index is 11.6. The van der Waals surface area contributed by atoms with Gasteiger partial charge in [-0.1, -0.05) is 11.2 Å². The Morgan fingerprint density at radius 1 is 1.43 bits per heavy atom. The van der Waals surface area contributed by atoms with Gasteiger partial charge in [0.1, 0.15) is 0 Å². The van der Waals surface area contributed by atoms with Crippen molar-refractivity contribution in [1.82, 2.24) is 20.4 Å². The Bertz CT molecular complexity index is 651. The molecule has 0 fully saturated rings. The van der Waals surface area contributed by atoms with Crippen LogP contribution < -0.4 is 10.6 Å². The van der Waals surface area contributed by atoms with Gasteiger partial charge in [-0.15, -0.1) is 16.0 Å². The third kappa shape index (κ3) is 4.11. The summed E-state index contributed by atoms with van der Waals surface area (Å²) >= 11 is 1.48. The number of rotatable bonds is 5. The predicted molar refractivity (Wildman–Crippen MR) is 73.6 cm³/mol. The van der Waals surface area contributed by atoms with Crippen molar-refractivity contribution in [2.24, 2.45) is 0 Å². The fraction of sp³-hybridized carbons (Fsp3) is 0.182. The van der Waals surface area contributed by atoms with E-state index in [9.17, 15) is 19.7 Å². The zero-order valence-corrected chi connectivity index (χ0v) is 11.5. The zero-order valence-electron chi connectivity index (χ0n) is 10.7. The number of aromatic nitrogens is 2. The Morgan fingerprint density at radius 3 is 2.90 bits per heavy atom. The topological polar surface area (TPSA) is 119 Å². The molecule has 2 N–H and O–H groups in total. The lowest BCUT2D eigenvalue weighted by Gasteiger charge is -2.04. The molecule has 0 radical (unpaired) electrons. The van der Waals surface area contributed by atoms with E-state index in [-0.39, 0.29) is 5.82 Å². The third-order valence-electron chi connectivity index (χ3n) is 2.43. The Morgan fingerprint density at radius 2 is 2.24 bits per heavy atom. The van der Waals surface area contributed by atoms with E-state index in [1.54, 1.807) is 0 Å². The summed E-state index contributed by atoms with van der Waals surface area (Å²) in [6.45, 7) is -0.103. The molecule has 3 amide bonds. The lowest BCUT2D eigenvalue weighted by molar-refractivity contribution is -0.392. The smallest absolute Gasteiger partial charge is 0.345 e. The first kappa shape index (κ1) is 14.7. The molecule has 0 unspecified atom stereocenters. The van der Waals surface area contributed by atoms with Gasteiger partial charge in [0.15, 0.2) is 6.54 Å². The number of nitrogens with zero attached hydrogens (tertiary/aromatic N) is 3. The number of urea groups is 1. The summed E-state index contributed by atoms with van der Waals surface area (Å²) in [5, 5.41) is 20.8. The fourth-order valence-electron chi connectivity index (χ4n) is 1.53. The van der Waals surface area contributed by atoms with E-state index in [1.807, 2.05) is 17.5 Å².